The number of thiophene rings is 1. The van der Waals surface area contributed by atoms with Crippen LogP contribution in [0.2, 0.25) is 0 Å². The summed E-state index contributed by atoms with van der Waals surface area (Å²) in [4.78, 5) is 14.3. The lowest BCUT2D eigenvalue weighted by atomic mass is 9.97. The number of carbonyl (C=O) groups is 1. The number of thioether (sulfide) groups is 1. The average Bonchev–Trinajstić information content (AvgIpc) is 2.97. The molecule has 104 valence electrons. The van der Waals surface area contributed by atoms with E-state index in [1.807, 2.05) is 17.8 Å². The third kappa shape index (κ3) is 2.98. The Morgan fingerprint density at radius 1 is 1.37 bits per heavy atom. The predicted molar refractivity (Wildman–Crippen MR) is 80.2 cm³/mol. The minimum Gasteiger partial charge on any atom is -0.388 e. The zero-order valence-electron chi connectivity index (χ0n) is 10.9. The van der Waals surface area contributed by atoms with Crippen LogP contribution in [0.15, 0.2) is 6.07 Å². The van der Waals surface area contributed by atoms with E-state index in [4.69, 9.17) is 0 Å². The molecule has 19 heavy (non-hydrogen) atoms. The minimum atomic E-state index is -0.694. The molecule has 2 N–H and O–H groups in total. The molecule has 1 amide bonds. The van der Waals surface area contributed by atoms with E-state index in [9.17, 15) is 9.90 Å². The smallest absolute Gasteiger partial charge is 0.261 e. The van der Waals surface area contributed by atoms with E-state index in [-0.39, 0.29) is 5.91 Å². The summed E-state index contributed by atoms with van der Waals surface area (Å²) in [7, 11) is 0. The maximum atomic E-state index is 12.1. The molecule has 2 heterocycles. The molecule has 5 heteroatoms. The second kappa shape index (κ2) is 5.46. The first-order valence-electron chi connectivity index (χ1n) is 6.86. The standard InChI is InChI=1S/C14H19NO2S2/c16-13(12-8-10-2-1-3-11(10)19-12)15-9-14(17)4-6-18-7-5-14/h8,17H,1-7,9H2,(H,15,16). The Morgan fingerprint density at radius 2 is 2.16 bits per heavy atom. The quantitative estimate of drug-likeness (QED) is 0.899. The minimum absolute atomic E-state index is 0.0222. The van der Waals surface area contributed by atoms with Crippen molar-refractivity contribution < 1.29 is 9.90 Å². The molecule has 3 rings (SSSR count). The zero-order valence-corrected chi connectivity index (χ0v) is 12.5. The summed E-state index contributed by atoms with van der Waals surface area (Å²) in [6, 6.07) is 2.03. The van der Waals surface area contributed by atoms with Crippen LogP contribution in [0.3, 0.4) is 0 Å². The van der Waals surface area contributed by atoms with Gasteiger partial charge in [-0.2, -0.15) is 11.8 Å². The van der Waals surface area contributed by atoms with Crippen LogP contribution in [-0.4, -0.2) is 34.7 Å². The van der Waals surface area contributed by atoms with Gasteiger partial charge in [-0.3, -0.25) is 4.79 Å². The molecule has 0 spiro atoms. The largest absolute Gasteiger partial charge is 0.388 e. The number of hydrogen-bond acceptors (Lipinski definition) is 4. The van der Waals surface area contributed by atoms with E-state index in [2.05, 4.69) is 5.32 Å². The molecule has 0 bridgehead atoms. The molecule has 0 radical (unpaired) electrons. The Hall–Kier alpha value is -0.520. The third-order valence-corrected chi connectivity index (χ3v) is 6.19. The highest BCUT2D eigenvalue weighted by Gasteiger charge is 2.30. The SMILES string of the molecule is O=C(NCC1(O)CCSCC1)c1cc2c(s1)CCC2. The first-order chi connectivity index (χ1) is 9.16. The molecular weight excluding hydrogens is 278 g/mol. The monoisotopic (exact) mass is 297 g/mol. The van der Waals surface area contributed by atoms with Gasteiger partial charge in [-0.25, -0.2) is 0 Å². The van der Waals surface area contributed by atoms with Gasteiger partial charge in [-0.1, -0.05) is 0 Å². The van der Waals surface area contributed by atoms with E-state index in [1.54, 1.807) is 11.3 Å². The molecule has 2 aliphatic rings. The van der Waals surface area contributed by atoms with Crippen molar-refractivity contribution in [2.24, 2.45) is 0 Å². The van der Waals surface area contributed by atoms with Gasteiger partial charge >= 0.3 is 0 Å². The predicted octanol–water partition coefficient (Wildman–Crippen LogP) is 2.22. The highest BCUT2D eigenvalue weighted by molar-refractivity contribution is 7.99. The summed E-state index contributed by atoms with van der Waals surface area (Å²) >= 11 is 3.49. The number of carbonyl (C=O) groups excluding carboxylic acids is 1. The maximum Gasteiger partial charge on any atom is 0.261 e. The van der Waals surface area contributed by atoms with Crippen LogP contribution in [0.5, 0.6) is 0 Å². The van der Waals surface area contributed by atoms with Crippen molar-refractivity contribution in [3.05, 3.63) is 21.4 Å². The molecule has 0 saturated carbocycles. The third-order valence-electron chi connectivity index (χ3n) is 3.97. The molecule has 1 aromatic heterocycles. The Balaban J connectivity index is 1.58. The van der Waals surface area contributed by atoms with Gasteiger partial charge in [-0.05, 0) is 55.2 Å². The lowest BCUT2D eigenvalue weighted by molar-refractivity contribution is 0.0312. The van der Waals surface area contributed by atoms with Gasteiger partial charge < -0.3 is 10.4 Å². The highest BCUT2D eigenvalue weighted by Crippen LogP contribution is 2.31. The molecular formula is C14H19NO2S2. The van der Waals surface area contributed by atoms with E-state index < -0.39 is 5.60 Å². The summed E-state index contributed by atoms with van der Waals surface area (Å²) < 4.78 is 0. The Bertz CT molecular complexity index is 456. The summed E-state index contributed by atoms with van der Waals surface area (Å²) in [5, 5.41) is 13.3. The van der Waals surface area contributed by atoms with Crippen molar-refractivity contribution in [1.29, 1.82) is 0 Å². The molecule has 0 atom stereocenters. The molecule has 0 aromatic carbocycles. The topological polar surface area (TPSA) is 49.3 Å². The van der Waals surface area contributed by atoms with E-state index >= 15 is 0 Å². The number of aryl methyl sites for hydroxylation is 2. The molecule has 3 nitrogen and oxygen atoms in total. The van der Waals surface area contributed by atoms with Crippen LogP contribution in [0, 0.1) is 0 Å². The van der Waals surface area contributed by atoms with E-state index in [1.165, 1.54) is 16.9 Å². The van der Waals surface area contributed by atoms with Gasteiger partial charge in [0.15, 0.2) is 0 Å². The van der Waals surface area contributed by atoms with Crippen LogP contribution in [0.25, 0.3) is 0 Å². The summed E-state index contributed by atoms with van der Waals surface area (Å²) in [5.74, 6) is 1.95. The fourth-order valence-electron chi connectivity index (χ4n) is 2.70. The van der Waals surface area contributed by atoms with Gasteiger partial charge in [-0.15, -0.1) is 11.3 Å². The van der Waals surface area contributed by atoms with E-state index in [0.29, 0.717) is 6.54 Å². The van der Waals surface area contributed by atoms with Gasteiger partial charge in [0.2, 0.25) is 0 Å². The molecule has 1 aliphatic carbocycles. The van der Waals surface area contributed by atoms with Crippen molar-refractivity contribution in [1.82, 2.24) is 5.32 Å². The normalized spacial score (nSPS) is 21.1. The molecule has 0 unspecified atom stereocenters. The number of aliphatic hydroxyl groups is 1. The fraction of sp³-hybridized carbons (Fsp3) is 0.643. The Morgan fingerprint density at radius 3 is 2.89 bits per heavy atom. The maximum absolute atomic E-state index is 12.1. The second-order valence-electron chi connectivity index (χ2n) is 5.43. The van der Waals surface area contributed by atoms with Gasteiger partial charge in [0, 0.05) is 11.4 Å². The molecule has 1 saturated heterocycles. The molecule has 1 fully saturated rings. The number of fused-ring (bicyclic) bond motifs is 1. The summed E-state index contributed by atoms with van der Waals surface area (Å²) in [6.45, 7) is 0.384. The van der Waals surface area contributed by atoms with E-state index in [0.717, 1.165) is 42.1 Å². The van der Waals surface area contributed by atoms with Crippen LogP contribution >= 0.6 is 23.1 Å². The van der Waals surface area contributed by atoms with Crippen molar-refractivity contribution in [2.45, 2.75) is 37.7 Å². The van der Waals surface area contributed by atoms with Crippen LogP contribution in [-0.2, 0) is 12.8 Å². The second-order valence-corrected chi connectivity index (χ2v) is 7.79. The van der Waals surface area contributed by atoms with Crippen molar-refractivity contribution >= 4 is 29.0 Å². The lowest BCUT2D eigenvalue weighted by Gasteiger charge is -2.31. The number of nitrogens with one attached hydrogen (secondary N) is 1. The van der Waals surface area contributed by atoms with Crippen LogP contribution in [0.4, 0.5) is 0 Å². The Kier molecular flexibility index (Phi) is 3.87. The van der Waals surface area contributed by atoms with Gasteiger partial charge in [0.05, 0.1) is 10.5 Å². The van der Waals surface area contributed by atoms with Crippen molar-refractivity contribution in [2.75, 3.05) is 18.1 Å². The van der Waals surface area contributed by atoms with Crippen molar-refractivity contribution in [3.63, 3.8) is 0 Å². The van der Waals surface area contributed by atoms with Crippen LogP contribution in [0.1, 0.15) is 39.4 Å². The molecule has 1 aliphatic heterocycles. The number of amides is 1. The zero-order chi connectivity index (χ0) is 13.3. The average molecular weight is 297 g/mol. The fourth-order valence-corrected chi connectivity index (χ4v) is 5.12. The molecule has 1 aromatic rings. The number of rotatable bonds is 3. The first kappa shape index (κ1) is 13.5. The summed E-state index contributed by atoms with van der Waals surface area (Å²) in [6.07, 6.45) is 5.01. The van der Waals surface area contributed by atoms with Gasteiger partial charge in [0.1, 0.15) is 0 Å². The summed E-state index contributed by atoms with van der Waals surface area (Å²) in [5.41, 5.74) is 0.656. The number of hydrogen-bond donors (Lipinski definition) is 2. The van der Waals surface area contributed by atoms with Crippen LogP contribution < -0.4 is 5.32 Å². The van der Waals surface area contributed by atoms with Crippen molar-refractivity contribution in [3.8, 4) is 0 Å². The first-order valence-corrected chi connectivity index (χ1v) is 8.83. The Labute approximate surface area is 121 Å². The van der Waals surface area contributed by atoms with Gasteiger partial charge in [0.25, 0.3) is 5.91 Å². The lowest BCUT2D eigenvalue weighted by Crippen LogP contribution is -2.45. The highest BCUT2D eigenvalue weighted by atomic mass is 32.2.